The van der Waals surface area contributed by atoms with Gasteiger partial charge < -0.3 is 10.2 Å². The lowest BCUT2D eigenvalue weighted by atomic mass is 10.2. The van der Waals surface area contributed by atoms with Gasteiger partial charge in [0.2, 0.25) is 0 Å². The number of nitrogens with zero attached hydrogens (tertiary/aromatic N) is 1. The highest BCUT2D eigenvalue weighted by atomic mass is 32.1. The predicted molar refractivity (Wildman–Crippen MR) is 66.9 cm³/mol. The Hall–Kier alpha value is -0.610. The van der Waals surface area contributed by atoms with Crippen molar-refractivity contribution in [2.75, 3.05) is 14.1 Å². The number of hydrogen-bond donors (Lipinski definition) is 1. The van der Waals surface area contributed by atoms with E-state index in [0.717, 1.165) is 11.5 Å². The molecule has 0 bridgehead atoms. The second kappa shape index (κ2) is 5.32. The molecular formula is C10H16N2S2. The Labute approximate surface area is 94.9 Å². The second-order valence-electron chi connectivity index (χ2n) is 3.30. The van der Waals surface area contributed by atoms with Gasteiger partial charge in [0.15, 0.2) is 5.11 Å². The Bertz CT molecular complexity index is 282. The van der Waals surface area contributed by atoms with Gasteiger partial charge in [0.1, 0.15) is 0 Å². The third kappa shape index (κ3) is 2.96. The van der Waals surface area contributed by atoms with Crippen molar-refractivity contribution in [2.24, 2.45) is 0 Å². The maximum Gasteiger partial charge on any atom is 0.168 e. The SMILES string of the molecule is CNC(=S)N(C)C(C)Cc1cccs1. The molecule has 0 radical (unpaired) electrons. The fourth-order valence-electron chi connectivity index (χ4n) is 1.23. The van der Waals surface area contributed by atoms with Gasteiger partial charge in [-0.3, -0.25) is 0 Å². The van der Waals surface area contributed by atoms with E-state index < -0.39 is 0 Å². The molecule has 0 fully saturated rings. The fourth-order valence-corrected chi connectivity index (χ4v) is 2.24. The number of rotatable bonds is 3. The van der Waals surface area contributed by atoms with Crippen molar-refractivity contribution in [2.45, 2.75) is 19.4 Å². The molecule has 14 heavy (non-hydrogen) atoms. The van der Waals surface area contributed by atoms with E-state index in [1.165, 1.54) is 4.88 Å². The summed E-state index contributed by atoms with van der Waals surface area (Å²) >= 11 is 6.97. The molecule has 1 aromatic rings. The van der Waals surface area contributed by atoms with E-state index in [1.807, 2.05) is 14.1 Å². The normalized spacial score (nSPS) is 12.2. The summed E-state index contributed by atoms with van der Waals surface area (Å²) in [6.45, 7) is 2.18. The number of hydrogen-bond acceptors (Lipinski definition) is 2. The topological polar surface area (TPSA) is 15.3 Å². The van der Waals surface area contributed by atoms with Crippen molar-refractivity contribution in [1.82, 2.24) is 10.2 Å². The second-order valence-corrected chi connectivity index (χ2v) is 4.72. The van der Waals surface area contributed by atoms with Crippen LogP contribution in [0, 0.1) is 0 Å². The Kier molecular flexibility index (Phi) is 4.35. The first-order chi connectivity index (χ1) is 6.65. The summed E-state index contributed by atoms with van der Waals surface area (Å²) in [6.07, 6.45) is 1.05. The average Bonchev–Trinajstić information content (AvgIpc) is 2.68. The Balaban J connectivity index is 2.49. The number of thiocarbonyl (C=S) groups is 1. The van der Waals surface area contributed by atoms with E-state index in [1.54, 1.807) is 11.3 Å². The lowest BCUT2D eigenvalue weighted by Gasteiger charge is -2.26. The van der Waals surface area contributed by atoms with Crippen LogP contribution in [0.2, 0.25) is 0 Å². The van der Waals surface area contributed by atoms with Gasteiger partial charge in [0.25, 0.3) is 0 Å². The van der Waals surface area contributed by atoms with Crippen LogP contribution < -0.4 is 5.32 Å². The van der Waals surface area contributed by atoms with Crippen molar-refractivity contribution in [3.63, 3.8) is 0 Å². The van der Waals surface area contributed by atoms with Crippen LogP contribution in [0.4, 0.5) is 0 Å². The largest absolute Gasteiger partial charge is 0.366 e. The van der Waals surface area contributed by atoms with Crippen molar-refractivity contribution in [3.8, 4) is 0 Å². The molecule has 1 aromatic heterocycles. The number of thiophene rings is 1. The van der Waals surface area contributed by atoms with Crippen LogP contribution in [-0.4, -0.2) is 30.1 Å². The van der Waals surface area contributed by atoms with Crippen LogP contribution in [0.1, 0.15) is 11.8 Å². The number of likely N-dealkylation sites (N-methyl/N-ethyl adjacent to an activating group) is 1. The lowest BCUT2D eigenvalue weighted by Crippen LogP contribution is -2.41. The molecule has 0 saturated carbocycles. The van der Waals surface area contributed by atoms with Gasteiger partial charge in [-0.2, -0.15) is 0 Å². The van der Waals surface area contributed by atoms with Gasteiger partial charge in [-0.25, -0.2) is 0 Å². The number of nitrogens with one attached hydrogen (secondary N) is 1. The molecule has 1 atom stereocenters. The van der Waals surface area contributed by atoms with Crippen molar-refractivity contribution in [3.05, 3.63) is 22.4 Å². The minimum Gasteiger partial charge on any atom is -0.366 e. The predicted octanol–water partition coefficient (Wildman–Crippen LogP) is 2.12. The lowest BCUT2D eigenvalue weighted by molar-refractivity contribution is 0.386. The minimum atomic E-state index is 0.439. The highest BCUT2D eigenvalue weighted by molar-refractivity contribution is 7.80. The van der Waals surface area contributed by atoms with Gasteiger partial charge in [0, 0.05) is 31.4 Å². The van der Waals surface area contributed by atoms with Crippen LogP contribution in [0.15, 0.2) is 17.5 Å². The monoisotopic (exact) mass is 228 g/mol. The summed E-state index contributed by atoms with van der Waals surface area (Å²) in [4.78, 5) is 3.50. The van der Waals surface area contributed by atoms with Gasteiger partial charge in [0.05, 0.1) is 0 Å². The van der Waals surface area contributed by atoms with Crippen LogP contribution in [-0.2, 0) is 6.42 Å². The zero-order valence-corrected chi connectivity index (χ0v) is 10.4. The summed E-state index contributed by atoms with van der Waals surface area (Å²) in [5.41, 5.74) is 0. The van der Waals surface area contributed by atoms with E-state index in [2.05, 4.69) is 34.7 Å². The first-order valence-corrected chi connectivity index (χ1v) is 5.91. The van der Waals surface area contributed by atoms with Gasteiger partial charge >= 0.3 is 0 Å². The van der Waals surface area contributed by atoms with Gasteiger partial charge in [-0.05, 0) is 30.6 Å². The third-order valence-corrected chi connectivity index (χ3v) is 3.66. The summed E-state index contributed by atoms with van der Waals surface area (Å²) < 4.78 is 0. The molecule has 1 heterocycles. The summed E-state index contributed by atoms with van der Waals surface area (Å²) in [6, 6.07) is 4.69. The quantitative estimate of drug-likeness (QED) is 0.798. The molecule has 0 saturated heterocycles. The Morgan fingerprint density at radius 2 is 2.43 bits per heavy atom. The van der Waals surface area contributed by atoms with Crippen LogP contribution in [0.25, 0.3) is 0 Å². The zero-order valence-electron chi connectivity index (χ0n) is 8.78. The molecule has 78 valence electrons. The van der Waals surface area contributed by atoms with Crippen molar-refractivity contribution in [1.29, 1.82) is 0 Å². The highest BCUT2D eigenvalue weighted by Gasteiger charge is 2.12. The summed E-state index contributed by atoms with van der Waals surface area (Å²) in [7, 11) is 3.88. The Morgan fingerprint density at radius 1 is 1.71 bits per heavy atom. The van der Waals surface area contributed by atoms with E-state index in [-0.39, 0.29) is 0 Å². The first-order valence-electron chi connectivity index (χ1n) is 4.62. The molecule has 0 spiro atoms. The molecule has 0 amide bonds. The molecule has 0 aromatic carbocycles. The molecule has 1 unspecified atom stereocenters. The standard InChI is InChI=1S/C10H16N2S2/c1-8(12(3)10(13)11-2)7-9-5-4-6-14-9/h4-6,8H,7H2,1-3H3,(H,11,13). The molecule has 1 rings (SSSR count). The van der Waals surface area contributed by atoms with E-state index >= 15 is 0 Å². The minimum absolute atomic E-state index is 0.439. The van der Waals surface area contributed by atoms with Crippen LogP contribution >= 0.6 is 23.6 Å². The van der Waals surface area contributed by atoms with Crippen LogP contribution in [0.3, 0.4) is 0 Å². The molecule has 2 nitrogen and oxygen atoms in total. The van der Waals surface area contributed by atoms with Crippen molar-refractivity contribution < 1.29 is 0 Å². The maximum absolute atomic E-state index is 5.17. The smallest absolute Gasteiger partial charge is 0.168 e. The molecule has 0 aliphatic carbocycles. The fraction of sp³-hybridized carbons (Fsp3) is 0.500. The Morgan fingerprint density at radius 3 is 2.93 bits per heavy atom. The molecule has 0 aliphatic heterocycles. The first kappa shape index (κ1) is 11.5. The highest BCUT2D eigenvalue weighted by Crippen LogP contribution is 2.13. The average molecular weight is 228 g/mol. The van der Waals surface area contributed by atoms with E-state index in [9.17, 15) is 0 Å². The van der Waals surface area contributed by atoms with Crippen molar-refractivity contribution >= 4 is 28.7 Å². The molecule has 0 aliphatic rings. The maximum atomic E-state index is 5.17. The van der Waals surface area contributed by atoms with Gasteiger partial charge in [-0.1, -0.05) is 6.07 Å². The zero-order chi connectivity index (χ0) is 10.6. The van der Waals surface area contributed by atoms with E-state index in [0.29, 0.717) is 6.04 Å². The molecule has 4 heteroatoms. The molecule has 1 N–H and O–H groups in total. The summed E-state index contributed by atoms with van der Waals surface area (Å²) in [5.74, 6) is 0. The molecular weight excluding hydrogens is 212 g/mol. The van der Waals surface area contributed by atoms with Gasteiger partial charge in [-0.15, -0.1) is 11.3 Å². The van der Waals surface area contributed by atoms with E-state index in [4.69, 9.17) is 12.2 Å². The third-order valence-electron chi connectivity index (χ3n) is 2.27. The van der Waals surface area contributed by atoms with Crippen LogP contribution in [0.5, 0.6) is 0 Å². The summed E-state index contributed by atoms with van der Waals surface area (Å²) in [5, 5.41) is 5.90.